The average Bonchev–Trinajstić information content (AvgIpc) is 2.41. The normalized spacial score (nSPS) is 10.7. The van der Waals surface area contributed by atoms with Crippen LogP contribution in [0, 0.1) is 11.3 Å². The minimum atomic E-state index is -3.78. The van der Waals surface area contributed by atoms with Crippen molar-refractivity contribution < 1.29 is 8.42 Å². The minimum absolute atomic E-state index is 0.00345. The molecule has 19 heavy (non-hydrogen) atoms. The Hall–Kier alpha value is -1.98. The van der Waals surface area contributed by atoms with Crippen LogP contribution in [0.1, 0.15) is 5.56 Å². The van der Waals surface area contributed by atoms with Crippen molar-refractivity contribution in [1.29, 1.82) is 5.26 Å². The molecule has 0 spiro atoms. The summed E-state index contributed by atoms with van der Waals surface area (Å²) in [5, 5.41) is 8.76. The molecule has 1 N–H and O–H groups in total. The zero-order valence-electron chi connectivity index (χ0n) is 9.41. The van der Waals surface area contributed by atoms with Gasteiger partial charge < -0.3 is 0 Å². The van der Waals surface area contributed by atoms with Crippen LogP contribution in [0.4, 0.5) is 5.82 Å². The topological polar surface area (TPSA) is 95.7 Å². The number of aromatic nitrogens is 2. The fourth-order valence-electron chi connectivity index (χ4n) is 1.29. The van der Waals surface area contributed by atoms with Gasteiger partial charge in [-0.15, -0.1) is 0 Å². The van der Waals surface area contributed by atoms with Crippen molar-refractivity contribution in [2.24, 2.45) is 0 Å². The number of nitrogens with zero attached hydrogens (tertiary/aromatic N) is 3. The molecule has 0 saturated heterocycles. The fourth-order valence-corrected chi connectivity index (χ4v) is 2.54. The first-order valence-electron chi connectivity index (χ1n) is 5.02. The van der Waals surface area contributed by atoms with Crippen LogP contribution in [0.25, 0.3) is 0 Å². The lowest BCUT2D eigenvalue weighted by molar-refractivity contribution is 0.601. The van der Waals surface area contributed by atoms with Crippen LogP contribution in [0.2, 0.25) is 0 Å². The van der Waals surface area contributed by atoms with Crippen molar-refractivity contribution in [3.05, 3.63) is 46.8 Å². The van der Waals surface area contributed by atoms with E-state index < -0.39 is 10.0 Å². The van der Waals surface area contributed by atoms with E-state index >= 15 is 0 Å². The molecule has 0 unspecified atom stereocenters. The summed E-state index contributed by atoms with van der Waals surface area (Å²) in [5.74, 6) is 0.102. The summed E-state index contributed by atoms with van der Waals surface area (Å²) in [5.41, 5.74) is 0.268. The van der Waals surface area contributed by atoms with E-state index in [1.807, 2.05) is 6.07 Å². The Morgan fingerprint density at radius 1 is 1.26 bits per heavy atom. The summed E-state index contributed by atoms with van der Waals surface area (Å²) >= 11 is 3.10. The molecule has 1 aromatic carbocycles. The van der Waals surface area contributed by atoms with Gasteiger partial charge in [0.15, 0.2) is 5.82 Å². The number of nitriles is 1. The van der Waals surface area contributed by atoms with Crippen LogP contribution in [-0.4, -0.2) is 18.4 Å². The third kappa shape index (κ3) is 3.27. The standard InChI is InChI=1S/C11H7BrN4O2S/c12-10-6-15-11(7-14-10)16-19(17,18)9-3-1-2-8(4-9)5-13/h1-4,6-7H,(H,15,16). The summed E-state index contributed by atoms with van der Waals surface area (Å²) in [6, 6.07) is 7.60. The van der Waals surface area contributed by atoms with Gasteiger partial charge in [-0.2, -0.15) is 5.26 Å². The molecule has 6 nitrogen and oxygen atoms in total. The van der Waals surface area contributed by atoms with Gasteiger partial charge in [-0.1, -0.05) is 6.07 Å². The molecular formula is C11H7BrN4O2S. The predicted octanol–water partition coefficient (Wildman–Crippen LogP) is 1.91. The maximum absolute atomic E-state index is 12.1. The SMILES string of the molecule is N#Cc1cccc(S(=O)(=O)Nc2cnc(Br)cn2)c1. The quantitative estimate of drug-likeness (QED) is 0.922. The first kappa shape index (κ1) is 13.5. The third-order valence-corrected chi connectivity index (χ3v) is 3.89. The van der Waals surface area contributed by atoms with Gasteiger partial charge in [-0.25, -0.2) is 18.4 Å². The number of hydrogen-bond acceptors (Lipinski definition) is 5. The van der Waals surface area contributed by atoms with Crippen molar-refractivity contribution in [3.63, 3.8) is 0 Å². The van der Waals surface area contributed by atoms with Gasteiger partial charge in [0.05, 0.1) is 28.9 Å². The summed E-state index contributed by atoms with van der Waals surface area (Å²) in [4.78, 5) is 7.73. The Morgan fingerprint density at radius 2 is 2.05 bits per heavy atom. The largest absolute Gasteiger partial charge is 0.263 e. The molecule has 8 heteroatoms. The number of rotatable bonds is 3. The molecule has 2 aromatic rings. The first-order valence-corrected chi connectivity index (χ1v) is 7.29. The van der Waals surface area contributed by atoms with E-state index in [4.69, 9.17) is 5.26 Å². The highest BCUT2D eigenvalue weighted by atomic mass is 79.9. The van der Waals surface area contributed by atoms with Crippen molar-refractivity contribution in [1.82, 2.24) is 9.97 Å². The Bertz CT molecular complexity index is 738. The lowest BCUT2D eigenvalue weighted by Crippen LogP contribution is -2.14. The minimum Gasteiger partial charge on any atom is -0.262 e. The van der Waals surface area contributed by atoms with Crippen LogP contribution < -0.4 is 4.72 Å². The predicted molar refractivity (Wildman–Crippen MR) is 71.7 cm³/mol. The third-order valence-electron chi connectivity index (χ3n) is 2.13. The second-order valence-corrected chi connectivity index (χ2v) is 5.96. The van der Waals surface area contributed by atoms with Crippen LogP contribution in [0.3, 0.4) is 0 Å². The van der Waals surface area contributed by atoms with E-state index in [2.05, 4.69) is 30.6 Å². The number of halogens is 1. The molecule has 0 saturated carbocycles. The van der Waals surface area contributed by atoms with Crippen molar-refractivity contribution in [3.8, 4) is 6.07 Å². The maximum atomic E-state index is 12.1. The molecule has 0 atom stereocenters. The Morgan fingerprint density at radius 3 is 2.68 bits per heavy atom. The van der Waals surface area contributed by atoms with E-state index in [0.29, 0.717) is 4.60 Å². The molecule has 0 amide bonds. The van der Waals surface area contributed by atoms with E-state index in [-0.39, 0.29) is 16.3 Å². The molecule has 0 radical (unpaired) electrons. The number of anilines is 1. The fraction of sp³-hybridized carbons (Fsp3) is 0. The van der Waals surface area contributed by atoms with Gasteiger partial charge in [0.25, 0.3) is 10.0 Å². The van der Waals surface area contributed by atoms with Crippen molar-refractivity contribution in [2.75, 3.05) is 4.72 Å². The lowest BCUT2D eigenvalue weighted by Gasteiger charge is -2.06. The zero-order chi connectivity index (χ0) is 13.9. The molecule has 0 aliphatic heterocycles. The molecule has 0 bridgehead atoms. The van der Waals surface area contributed by atoms with Crippen LogP contribution in [0.15, 0.2) is 46.2 Å². The molecule has 1 aromatic heterocycles. The smallest absolute Gasteiger partial charge is 0.262 e. The molecule has 0 aliphatic rings. The van der Waals surface area contributed by atoms with Crippen LogP contribution in [-0.2, 0) is 10.0 Å². The van der Waals surface area contributed by atoms with E-state index in [1.165, 1.54) is 36.7 Å². The molecule has 0 fully saturated rings. The number of sulfonamides is 1. The van der Waals surface area contributed by atoms with Gasteiger partial charge in [-0.05, 0) is 34.1 Å². The number of nitrogens with one attached hydrogen (secondary N) is 1. The Labute approximate surface area is 118 Å². The molecule has 2 rings (SSSR count). The molecule has 96 valence electrons. The highest BCUT2D eigenvalue weighted by Gasteiger charge is 2.15. The van der Waals surface area contributed by atoms with E-state index in [1.54, 1.807) is 0 Å². The van der Waals surface area contributed by atoms with Crippen molar-refractivity contribution >= 4 is 31.8 Å². The monoisotopic (exact) mass is 338 g/mol. The van der Waals surface area contributed by atoms with Gasteiger partial charge in [0.2, 0.25) is 0 Å². The first-order chi connectivity index (χ1) is 9.01. The summed E-state index contributed by atoms with van der Waals surface area (Å²) in [7, 11) is -3.78. The second kappa shape index (κ2) is 5.34. The summed E-state index contributed by atoms with van der Waals surface area (Å²) in [6.07, 6.45) is 2.67. The molecule has 1 heterocycles. The molecule has 0 aliphatic carbocycles. The maximum Gasteiger partial charge on any atom is 0.263 e. The average molecular weight is 339 g/mol. The van der Waals surface area contributed by atoms with Crippen molar-refractivity contribution in [2.45, 2.75) is 4.90 Å². The van der Waals surface area contributed by atoms with Gasteiger partial charge >= 0.3 is 0 Å². The van der Waals surface area contributed by atoms with E-state index in [0.717, 1.165) is 0 Å². The Balaban J connectivity index is 2.32. The zero-order valence-corrected chi connectivity index (χ0v) is 11.8. The second-order valence-electron chi connectivity index (χ2n) is 3.47. The van der Waals surface area contributed by atoms with Crippen LogP contribution in [0.5, 0.6) is 0 Å². The van der Waals surface area contributed by atoms with Gasteiger partial charge in [0, 0.05) is 0 Å². The number of benzene rings is 1. The van der Waals surface area contributed by atoms with Crippen LogP contribution >= 0.6 is 15.9 Å². The Kier molecular flexibility index (Phi) is 3.78. The van der Waals surface area contributed by atoms with Gasteiger partial charge in [0.1, 0.15) is 4.60 Å². The lowest BCUT2D eigenvalue weighted by atomic mass is 10.2. The van der Waals surface area contributed by atoms with Gasteiger partial charge in [-0.3, -0.25) is 4.72 Å². The highest BCUT2D eigenvalue weighted by molar-refractivity contribution is 9.10. The highest BCUT2D eigenvalue weighted by Crippen LogP contribution is 2.15. The van der Waals surface area contributed by atoms with E-state index in [9.17, 15) is 8.42 Å². The summed E-state index contributed by atoms with van der Waals surface area (Å²) in [6.45, 7) is 0. The molecular weight excluding hydrogens is 332 g/mol. The number of hydrogen-bond donors (Lipinski definition) is 1. The summed E-state index contributed by atoms with van der Waals surface area (Å²) < 4.78 is 26.9.